The van der Waals surface area contributed by atoms with E-state index in [1.807, 2.05) is 0 Å². The van der Waals surface area contributed by atoms with Gasteiger partial charge < -0.3 is 10.0 Å². The van der Waals surface area contributed by atoms with Gasteiger partial charge in [0, 0.05) is 13.1 Å². The summed E-state index contributed by atoms with van der Waals surface area (Å²) in [6.45, 7) is 0.631. The Morgan fingerprint density at radius 2 is 2.24 bits per heavy atom. The highest BCUT2D eigenvalue weighted by Gasteiger charge is 2.31. The Kier molecular flexibility index (Phi) is 3.23. The molecule has 2 rings (SSSR count). The SMILES string of the molecule is O=C(O)C1CCN(C(=O)c2cncc(Cl)n2)C1. The minimum atomic E-state index is -0.877. The van der Waals surface area contributed by atoms with Crippen molar-refractivity contribution in [2.75, 3.05) is 13.1 Å². The molecule has 0 radical (unpaired) electrons. The lowest BCUT2D eigenvalue weighted by atomic mass is 10.1. The van der Waals surface area contributed by atoms with Crippen LogP contribution >= 0.6 is 11.6 Å². The molecule has 1 unspecified atom stereocenters. The number of carboxylic acid groups (broad SMARTS) is 1. The van der Waals surface area contributed by atoms with Crippen LogP contribution in [0.1, 0.15) is 16.9 Å². The summed E-state index contributed by atoms with van der Waals surface area (Å²) in [5, 5.41) is 8.98. The molecule has 1 saturated heterocycles. The molecular formula is C10H10ClN3O3. The molecule has 90 valence electrons. The van der Waals surface area contributed by atoms with E-state index in [4.69, 9.17) is 16.7 Å². The van der Waals surface area contributed by atoms with Crippen molar-refractivity contribution in [2.24, 2.45) is 5.92 Å². The summed E-state index contributed by atoms with van der Waals surface area (Å²) in [7, 11) is 0. The molecule has 0 aliphatic carbocycles. The molecule has 6 nitrogen and oxygen atoms in total. The highest BCUT2D eigenvalue weighted by molar-refractivity contribution is 6.29. The molecule has 0 aromatic carbocycles. The van der Waals surface area contributed by atoms with E-state index in [2.05, 4.69) is 9.97 Å². The van der Waals surface area contributed by atoms with Gasteiger partial charge in [-0.1, -0.05) is 11.6 Å². The van der Waals surface area contributed by atoms with Crippen molar-refractivity contribution >= 4 is 23.5 Å². The molecule has 17 heavy (non-hydrogen) atoms. The van der Waals surface area contributed by atoms with Crippen LogP contribution in [0.2, 0.25) is 5.15 Å². The molecule has 1 aromatic heterocycles. The van der Waals surface area contributed by atoms with Gasteiger partial charge in [0.15, 0.2) is 0 Å². The third kappa shape index (κ3) is 2.52. The molecule has 0 spiro atoms. The molecule has 1 aliphatic rings. The number of nitrogens with zero attached hydrogens (tertiary/aromatic N) is 3. The van der Waals surface area contributed by atoms with Crippen molar-refractivity contribution in [3.8, 4) is 0 Å². The van der Waals surface area contributed by atoms with Gasteiger partial charge >= 0.3 is 5.97 Å². The smallest absolute Gasteiger partial charge is 0.308 e. The van der Waals surface area contributed by atoms with Gasteiger partial charge in [0.1, 0.15) is 10.8 Å². The topological polar surface area (TPSA) is 83.4 Å². The molecule has 1 aromatic rings. The molecular weight excluding hydrogens is 246 g/mol. The summed E-state index contributed by atoms with van der Waals surface area (Å²) in [5.41, 5.74) is 0.142. The third-order valence-electron chi connectivity index (χ3n) is 2.65. The lowest BCUT2D eigenvalue weighted by Gasteiger charge is -2.14. The molecule has 2 heterocycles. The molecule has 1 amide bonds. The highest BCUT2D eigenvalue weighted by atomic mass is 35.5. The number of amides is 1. The van der Waals surface area contributed by atoms with Crippen LogP contribution in [0.5, 0.6) is 0 Å². The second kappa shape index (κ2) is 4.67. The van der Waals surface area contributed by atoms with Crippen LogP contribution in [0.3, 0.4) is 0 Å². The standard InChI is InChI=1S/C10H10ClN3O3/c11-8-4-12-3-7(13-8)9(15)14-2-1-6(5-14)10(16)17/h3-4,6H,1-2,5H2,(H,16,17). The molecule has 0 saturated carbocycles. The van der Waals surface area contributed by atoms with Gasteiger partial charge in [0.2, 0.25) is 0 Å². The van der Waals surface area contributed by atoms with Crippen molar-refractivity contribution in [1.29, 1.82) is 0 Å². The number of carbonyl (C=O) groups excluding carboxylic acids is 1. The summed E-state index contributed by atoms with van der Waals surface area (Å²) < 4.78 is 0. The van der Waals surface area contributed by atoms with Crippen molar-refractivity contribution < 1.29 is 14.7 Å². The van der Waals surface area contributed by atoms with E-state index in [1.165, 1.54) is 17.3 Å². The van der Waals surface area contributed by atoms with E-state index >= 15 is 0 Å². The van der Waals surface area contributed by atoms with E-state index in [9.17, 15) is 9.59 Å². The van der Waals surface area contributed by atoms with Gasteiger partial charge in [-0.25, -0.2) is 4.98 Å². The first kappa shape index (κ1) is 11.8. The fraction of sp³-hybridized carbons (Fsp3) is 0.400. The lowest BCUT2D eigenvalue weighted by Crippen LogP contribution is -2.30. The summed E-state index contributed by atoms with van der Waals surface area (Å²) in [6.07, 6.45) is 3.12. The molecule has 7 heteroatoms. The maximum absolute atomic E-state index is 11.9. The monoisotopic (exact) mass is 255 g/mol. The van der Waals surface area contributed by atoms with Crippen molar-refractivity contribution in [3.05, 3.63) is 23.2 Å². The van der Waals surface area contributed by atoms with E-state index in [0.29, 0.717) is 13.0 Å². The fourth-order valence-corrected chi connectivity index (χ4v) is 1.90. The number of aromatic nitrogens is 2. The van der Waals surface area contributed by atoms with Crippen molar-refractivity contribution in [1.82, 2.24) is 14.9 Å². The number of hydrogen-bond donors (Lipinski definition) is 1. The number of carboxylic acids is 1. The molecule has 1 aliphatic heterocycles. The Labute approximate surface area is 102 Å². The first-order valence-corrected chi connectivity index (χ1v) is 5.45. The van der Waals surface area contributed by atoms with E-state index in [1.54, 1.807) is 0 Å². The fourth-order valence-electron chi connectivity index (χ4n) is 1.75. The van der Waals surface area contributed by atoms with E-state index < -0.39 is 11.9 Å². The predicted octanol–water partition coefficient (Wildman–Crippen LogP) is 0.677. The summed E-state index contributed by atoms with van der Waals surface area (Å²) >= 11 is 5.64. The predicted molar refractivity (Wildman–Crippen MR) is 58.7 cm³/mol. The lowest BCUT2D eigenvalue weighted by molar-refractivity contribution is -0.141. The number of rotatable bonds is 2. The van der Waals surface area contributed by atoms with Gasteiger partial charge in [0.25, 0.3) is 5.91 Å². The zero-order valence-electron chi connectivity index (χ0n) is 8.84. The second-order valence-electron chi connectivity index (χ2n) is 3.80. The molecule has 1 fully saturated rings. The van der Waals surface area contributed by atoms with Crippen molar-refractivity contribution in [3.63, 3.8) is 0 Å². The van der Waals surface area contributed by atoms with Crippen LogP contribution in [-0.4, -0.2) is 44.9 Å². The minimum Gasteiger partial charge on any atom is -0.481 e. The van der Waals surface area contributed by atoms with Crippen LogP contribution in [-0.2, 0) is 4.79 Å². The van der Waals surface area contributed by atoms with Gasteiger partial charge in [-0.15, -0.1) is 0 Å². The van der Waals surface area contributed by atoms with Gasteiger partial charge in [-0.05, 0) is 6.42 Å². The zero-order chi connectivity index (χ0) is 12.4. The number of halogens is 1. The normalized spacial score (nSPS) is 19.4. The number of aliphatic carboxylic acids is 1. The third-order valence-corrected chi connectivity index (χ3v) is 2.83. The van der Waals surface area contributed by atoms with Crippen LogP contribution in [0.4, 0.5) is 0 Å². The summed E-state index contributed by atoms with van der Waals surface area (Å²) in [4.78, 5) is 31.8. The van der Waals surface area contributed by atoms with Crippen LogP contribution in [0.25, 0.3) is 0 Å². The Bertz CT molecular complexity index is 466. The Morgan fingerprint density at radius 3 is 2.82 bits per heavy atom. The summed E-state index contributed by atoms with van der Waals surface area (Å²) in [5.74, 6) is -1.70. The quantitative estimate of drug-likeness (QED) is 0.840. The molecule has 0 bridgehead atoms. The number of likely N-dealkylation sites (tertiary alicyclic amines) is 1. The van der Waals surface area contributed by atoms with Crippen LogP contribution in [0, 0.1) is 5.92 Å². The average Bonchev–Trinajstić information content (AvgIpc) is 2.77. The van der Waals surface area contributed by atoms with E-state index in [0.717, 1.165) is 0 Å². The molecule has 1 atom stereocenters. The van der Waals surface area contributed by atoms with Crippen LogP contribution < -0.4 is 0 Å². The summed E-state index contributed by atoms with van der Waals surface area (Å²) in [6, 6.07) is 0. The Morgan fingerprint density at radius 1 is 1.47 bits per heavy atom. The van der Waals surface area contributed by atoms with Gasteiger partial charge in [0.05, 0.1) is 18.3 Å². The average molecular weight is 256 g/mol. The first-order chi connectivity index (χ1) is 8.08. The maximum Gasteiger partial charge on any atom is 0.308 e. The minimum absolute atomic E-state index is 0.142. The zero-order valence-corrected chi connectivity index (χ0v) is 9.59. The van der Waals surface area contributed by atoms with Gasteiger partial charge in [-0.2, -0.15) is 0 Å². The maximum atomic E-state index is 11.9. The molecule has 1 N–H and O–H groups in total. The Balaban J connectivity index is 2.09. The Hall–Kier alpha value is -1.69. The van der Waals surface area contributed by atoms with Crippen molar-refractivity contribution in [2.45, 2.75) is 6.42 Å². The first-order valence-electron chi connectivity index (χ1n) is 5.07. The van der Waals surface area contributed by atoms with Gasteiger partial charge in [-0.3, -0.25) is 14.6 Å². The second-order valence-corrected chi connectivity index (χ2v) is 4.19. The largest absolute Gasteiger partial charge is 0.481 e. The van der Waals surface area contributed by atoms with Crippen LogP contribution in [0.15, 0.2) is 12.4 Å². The number of carbonyl (C=O) groups is 2. The van der Waals surface area contributed by atoms with E-state index in [-0.39, 0.29) is 23.3 Å². The number of hydrogen-bond acceptors (Lipinski definition) is 4. The highest BCUT2D eigenvalue weighted by Crippen LogP contribution is 2.18.